The van der Waals surface area contributed by atoms with Crippen molar-refractivity contribution in [1.82, 2.24) is 0 Å². The Labute approximate surface area is 111 Å². The van der Waals surface area contributed by atoms with E-state index in [4.69, 9.17) is 10.4 Å². The molecule has 0 aromatic heterocycles. The second-order valence-corrected chi connectivity index (χ2v) is 4.17. The Morgan fingerprint density at radius 2 is 2.05 bits per heavy atom. The molecule has 0 saturated carbocycles. The third kappa shape index (κ3) is 4.94. The van der Waals surface area contributed by atoms with Crippen molar-refractivity contribution in [3.05, 3.63) is 33.9 Å². The fourth-order valence-electron chi connectivity index (χ4n) is 1.72. The predicted molar refractivity (Wildman–Crippen MR) is 71.9 cm³/mol. The van der Waals surface area contributed by atoms with Gasteiger partial charge in [0.05, 0.1) is 4.92 Å². The third-order valence-corrected chi connectivity index (χ3v) is 2.73. The van der Waals surface area contributed by atoms with Crippen LogP contribution in [0, 0.1) is 21.4 Å². The molecular formula is C13H17N3O3. The second kappa shape index (κ2) is 8.06. The number of aliphatic hydroxyl groups is 1. The lowest BCUT2D eigenvalue weighted by molar-refractivity contribution is -0.385. The first-order valence-electron chi connectivity index (χ1n) is 6.22. The van der Waals surface area contributed by atoms with Crippen molar-refractivity contribution in [3.8, 4) is 6.07 Å². The Bertz CT molecular complexity index is 469. The lowest BCUT2D eigenvalue weighted by atomic mass is 10.1. The van der Waals surface area contributed by atoms with E-state index >= 15 is 0 Å². The van der Waals surface area contributed by atoms with Crippen molar-refractivity contribution in [1.29, 1.82) is 5.26 Å². The number of hydrogen-bond donors (Lipinski definition) is 2. The Balaban J connectivity index is 2.47. The van der Waals surface area contributed by atoms with E-state index in [2.05, 4.69) is 5.32 Å². The van der Waals surface area contributed by atoms with Crippen LogP contribution in [0.2, 0.25) is 0 Å². The van der Waals surface area contributed by atoms with Crippen LogP contribution in [-0.2, 0) is 0 Å². The van der Waals surface area contributed by atoms with Gasteiger partial charge in [0.15, 0.2) is 0 Å². The van der Waals surface area contributed by atoms with Gasteiger partial charge in [-0.25, -0.2) is 0 Å². The summed E-state index contributed by atoms with van der Waals surface area (Å²) in [6.07, 6.45) is 3.78. The van der Waals surface area contributed by atoms with Crippen LogP contribution in [-0.4, -0.2) is 23.2 Å². The smallest absolute Gasteiger partial charge is 0.287 e. The highest BCUT2D eigenvalue weighted by molar-refractivity contribution is 5.58. The third-order valence-electron chi connectivity index (χ3n) is 2.73. The topological polar surface area (TPSA) is 99.2 Å². The van der Waals surface area contributed by atoms with E-state index in [9.17, 15) is 10.1 Å². The zero-order chi connectivity index (χ0) is 14.1. The van der Waals surface area contributed by atoms with Gasteiger partial charge in [-0.05, 0) is 25.0 Å². The van der Waals surface area contributed by atoms with Crippen LogP contribution in [0.1, 0.15) is 31.2 Å². The molecule has 0 fully saturated rings. The number of anilines is 1. The van der Waals surface area contributed by atoms with Crippen molar-refractivity contribution >= 4 is 11.4 Å². The Morgan fingerprint density at radius 3 is 2.68 bits per heavy atom. The molecular weight excluding hydrogens is 246 g/mol. The van der Waals surface area contributed by atoms with Crippen LogP contribution < -0.4 is 5.32 Å². The number of nitro benzene ring substituents is 1. The highest BCUT2D eigenvalue weighted by Gasteiger charge is 2.13. The van der Waals surface area contributed by atoms with Gasteiger partial charge in [-0.1, -0.05) is 12.8 Å². The summed E-state index contributed by atoms with van der Waals surface area (Å²) in [6, 6.07) is 6.26. The van der Waals surface area contributed by atoms with Gasteiger partial charge in [0.25, 0.3) is 5.69 Å². The molecule has 2 N–H and O–H groups in total. The molecule has 19 heavy (non-hydrogen) atoms. The maximum Gasteiger partial charge on any atom is 0.287 e. The van der Waals surface area contributed by atoms with Gasteiger partial charge in [0.2, 0.25) is 0 Å². The summed E-state index contributed by atoms with van der Waals surface area (Å²) < 4.78 is 0. The molecule has 0 bridgehead atoms. The van der Waals surface area contributed by atoms with E-state index < -0.39 is 4.92 Å². The van der Waals surface area contributed by atoms with Crippen LogP contribution in [0.15, 0.2) is 18.2 Å². The average Bonchev–Trinajstić information content (AvgIpc) is 2.42. The van der Waals surface area contributed by atoms with Crippen LogP contribution >= 0.6 is 0 Å². The average molecular weight is 263 g/mol. The quantitative estimate of drug-likeness (QED) is 0.426. The van der Waals surface area contributed by atoms with Gasteiger partial charge in [0.1, 0.15) is 11.6 Å². The molecule has 1 aromatic rings. The highest BCUT2D eigenvalue weighted by Crippen LogP contribution is 2.21. The summed E-state index contributed by atoms with van der Waals surface area (Å²) in [5, 5.41) is 31.3. The molecule has 0 aliphatic rings. The Kier molecular flexibility index (Phi) is 6.33. The van der Waals surface area contributed by atoms with Crippen molar-refractivity contribution in [2.24, 2.45) is 0 Å². The monoisotopic (exact) mass is 263 g/mol. The molecule has 0 saturated heterocycles. The van der Waals surface area contributed by atoms with Crippen molar-refractivity contribution in [3.63, 3.8) is 0 Å². The lowest BCUT2D eigenvalue weighted by Gasteiger charge is -2.06. The number of hydrogen-bond acceptors (Lipinski definition) is 5. The second-order valence-electron chi connectivity index (χ2n) is 4.17. The van der Waals surface area contributed by atoms with E-state index in [0.29, 0.717) is 5.69 Å². The first kappa shape index (κ1) is 14.9. The molecule has 0 spiro atoms. The number of unbranched alkanes of at least 4 members (excludes halogenated alkanes) is 3. The van der Waals surface area contributed by atoms with Gasteiger partial charge in [-0.15, -0.1) is 0 Å². The SMILES string of the molecule is N#Cc1cc(NCCCCCCO)ccc1[N+](=O)[O-]. The zero-order valence-corrected chi connectivity index (χ0v) is 10.6. The number of aliphatic hydroxyl groups excluding tert-OH is 1. The summed E-state index contributed by atoms with van der Waals surface area (Å²) in [5.41, 5.74) is 0.607. The molecule has 0 radical (unpaired) electrons. The zero-order valence-electron chi connectivity index (χ0n) is 10.6. The first-order chi connectivity index (χ1) is 9.19. The molecule has 0 atom stereocenters. The standard InChI is InChI=1S/C13H17N3O3/c14-10-11-9-12(5-6-13(11)16(18)19)15-7-3-1-2-4-8-17/h5-6,9,15,17H,1-4,7-8H2. The first-order valence-corrected chi connectivity index (χ1v) is 6.22. The van der Waals surface area contributed by atoms with Crippen molar-refractivity contribution in [2.75, 3.05) is 18.5 Å². The van der Waals surface area contributed by atoms with Gasteiger partial charge in [-0.3, -0.25) is 10.1 Å². The summed E-state index contributed by atoms with van der Waals surface area (Å²) in [5.74, 6) is 0. The number of nitriles is 1. The minimum absolute atomic E-state index is 0.0651. The van der Waals surface area contributed by atoms with Gasteiger partial charge in [-0.2, -0.15) is 5.26 Å². The molecule has 1 aromatic carbocycles. The highest BCUT2D eigenvalue weighted by atomic mass is 16.6. The Morgan fingerprint density at radius 1 is 1.32 bits per heavy atom. The largest absolute Gasteiger partial charge is 0.396 e. The van der Waals surface area contributed by atoms with E-state index in [0.717, 1.165) is 32.2 Å². The maximum atomic E-state index is 10.7. The normalized spacial score (nSPS) is 9.89. The van der Waals surface area contributed by atoms with Gasteiger partial charge in [0, 0.05) is 24.9 Å². The molecule has 6 nitrogen and oxygen atoms in total. The van der Waals surface area contributed by atoms with Gasteiger partial charge < -0.3 is 10.4 Å². The fourth-order valence-corrected chi connectivity index (χ4v) is 1.72. The molecule has 0 aliphatic carbocycles. The van der Waals surface area contributed by atoms with Gasteiger partial charge >= 0.3 is 0 Å². The number of nitrogens with one attached hydrogen (secondary N) is 1. The summed E-state index contributed by atoms with van der Waals surface area (Å²) in [7, 11) is 0. The van der Waals surface area contributed by atoms with E-state index in [1.807, 2.05) is 6.07 Å². The van der Waals surface area contributed by atoms with Crippen LogP contribution in [0.3, 0.4) is 0 Å². The summed E-state index contributed by atoms with van der Waals surface area (Å²) in [6.45, 7) is 0.968. The number of rotatable bonds is 8. The summed E-state index contributed by atoms with van der Waals surface area (Å²) in [4.78, 5) is 10.1. The van der Waals surface area contributed by atoms with Crippen molar-refractivity contribution < 1.29 is 10.0 Å². The predicted octanol–water partition coefficient (Wildman–Crippen LogP) is 2.43. The molecule has 0 aliphatic heterocycles. The summed E-state index contributed by atoms with van der Waals surface area (Å²) >= 11 is 0. The number of nitro groups is 1. The number of nitrogens with zero attached hydrogens (tertiary/aromatic N) is 2. The van der Waals surface area contributed by atoms with E-state index in [1.165, 1.54) is 12.1 Å². The minimum atomic E-state index is -0.558. The van der Waals surface area contributed by atoms with Crippen LogP contribution in [0.25, 0.3) is 0 Å². The van der Waals surface area contributed by atoms with Crippen LogP contribution in [0.4, 0.5) is 11.4 Å². The molecule has 0 unspecified atom stereocenters. The van der Waals surface area contributed by atoms with Crippen LogP contribution in [0.5, 0.6) is 0 Å². The molecule has 0 heterocycles. The molecule has 1 rings (SSSR count). The fraction of sp³-hybridized carbons (Fsp3) is 0.462. The lowest BCUT2D eigenvalue weighted by Crippen LogP contribution is -2.02. The number of benzene rings is 1. The van der Waals surface area contributed by atoms with E-state index in [1.54, 1.807) is 6.07 Å². The maximum absolute atomic E-state index is 10.7. The van der Waals surface area contributed by atoms with Crippen molar-refractivity contribution in [2.45, 2.75) is 25.7 Å². The molecule has 0 amide bonds. The Hall–Kier alpha value is -2.13. The molecule has 6 heteroatoms. The van der Waals surface area contributed by atoms with E-state index in [-0.39, 0.29) is 17.9 Å². The minimum Gasteiger partial charge on any atom is -0.396 e. The molecule has 102 valence electrons.